The lowest BCUT2D eigenvalue weighted by atomic mass is 10.3. The Balaban J connectivity index is 2.95. The van der Waals surface area contributed by atoms with E-state index in [9.17, 15) is 17.1 Å². The lowest BCUT2D eigenvalue weighted by molar-refractivity contribution is 0.209. The molecule has 0 heterocycles. The van der Waals surface area contributed by atoms with E-state index in [-0.39, 0.29) is 5.69 Å². The quantitative estimate of drug-likeness (QED) is 0.737. The van der Waals surface area contributed by atoms with E-state index < -0.39 is 21.2 Å². The zero-order valence-electron chi connectivity index (χ0n) is 6.77. The average Bonchev–Trinajstić information content (AvgIpc) is 2.02. The van der Waals surface area contributed by atoms with Crippen molar-refractivity contribution in [1.29, 1.82) is 0 Å². The number of benzene rings is 1. The maximum absolute atomic E-state index is 12.4. The third-order valence-electron chi connectivity index (χ3n) is 1.39. The van der Waals surface area contributed by atoms with Gasteiger partial charge in [-0.2, -0.15) is 8.42 Å². The number of carbonyl (C=O) groups is 1. The van der Waals surface area contributed by atoms with Gasteiger partial charge < -0.3 is 5.11 Å². The molecule has 0 fully saturated rings. The van der Waals surface area contributed by atoms with Crippen LogP contribution in [0, 0.1) is 0 Å². The van der Waals surface area contributed by atoms with Crippen LogP contribution < -0.4 is 5.32 Å². The lowest BCUT2D eigenvalue weighted by Gasteiger charge is -2.00. The molecular formula is C7H6FNO4S. The third kappa shape index (κ3) is 2.70. The summed E-state index contributed by atoms with van der Waals surface area (Å²) >= 11 is 0. The predicted molar refractivity (Wildman–Crippen MR) is 46.4 cm³/mol. The molecule has 0 saturated carbocycles. The van der Waals surface area contributed by atoms with Crippen LogP contribution in [-0.4, -0.2) is 19.6 Å². The first-order valence-electron chi connectivity index (χ1n) is 3.44. The van der Waals surface area contributed by atoms with Crippen molar-refractivity contribution in [3.63, 3.8) is 0 Å². The van der Waals surface area contributed by atoms with Gasteiger partial charge in [-0.05, 0) is 24.3 Å². The van der Waals surface area contributed by atoms with Gasteiger partial charge in [0.1, 0.15) is 0 Å². The fourth-order valence-corrected chi connectivity index (χ4v) is 1.29. The first-order chi connectivity index (χ1) is 6.39. The Bertz CT molecular complexity index is 439. The van der Waals surface area contributed by atoms with Gasteiger partial charge >= 0.3 is 16.3 Å². The first kappa shape index (κ1) is 10.5. The summed E-state index contributed by atoms with van der Waals surface area (Å²) in [4.78, 5) is 9.64. The average molecular weight is 219 g/mol. The molecule has 0 aliphatic rings. The van der Waals surface area contributed by atoms with Gasteiger partial charge in [-0.15, -0.1) is 3.89 Å². The molecule has 1 aromatic carbocycles. The van der Waals surface area contributed by atoms with Gasteiger partial charge in [0, 0.05) is 5.69 Å². The molecule has 0 spiro atoms. The summed E-state index contributed by atoms with van der Waals surface area (Å²) in [7, 11) is -4.72. The van der Waals surface area contributed by atoms with Crippen molar-refractivity contribution in [2.24, 2.45) is 0 Å². The summed E-state index contributed by atoms with van der Waals surface area (Å²) in [5.74, 6) is 0. The molecule has 76 valence electrons. The molecule has 0 aliphatic carbocycles. The topological polar surface area (TPSA) is 83.5 Å². The molecule has 0 saturated heterocycles. The maximum Gasteiger partial charge on any atom is 0.409 e. The summed E-state index contributed by atoms with van der Waals surface area (Å²) in [6.45, 7) is 0. The Morgan fingerprint density at radius 2 is 1.79 bits per heavy atom. The van der Waals surface area contributed by atoms with Crippen molar-refractivity contribution in [1.82, 2.24) is 0 Å². The smallest absolute Gasteiger partial charge is 0.409 e. The van der Waals surface area contributed by atoms with Gasteiger partial charge in [0.25, 0.3) is 0 Å². The maximum atomic E-state index is 12.4. The summed E-state index contributed by atoms with van der Waals surface area (Å²) in [6.07, 6.45) is -1.28. The molecule has 5 nitrogen and oxygen atoms in total. The van der Waals surface area contributed by atoms with Crippen molar-refractivity contribution >= 4 is 22.0 Å². The fourth-order valence-electron chi connectivity index (χ4n) is 0.824. The Morgan fingerprint density at radius 1 is 1.29 bits per heavy atom. The Morgan fingerprint density at radius 3 is 2.14 bits per heavy atom. The highest BCUT2D eigenvalue weighted by molar-refractivity contribution is 7.86. The zero-order chi connectivity index (χ0) is 10.8. The molecule has 0 bridgehead atoms. The van der Waals surface area contributed by atoms with Crippen molar-refractivity contribution in [2.75, 3.05) is 5.32 Å². The number of amides is 1. The molecule has 14 heavy (non-hydrogen) atoms. The first-order valence-corrected chi connectivity index (χ1v) is 4.82. The van der Waals surface area contributed by atoms with Gasteiger partial charge in [0.2, 0.25) is 0 Å². The van der Waals surface area contributed by atoms with E-state index in [1.807, 2.05) is 5.32 Å². The largest absolute Gasteiger partial charge is 0.465 e. The number of rotatable bonds is 2. The van der Waals surface area contributed by atoms with Crippen LogP contribution in [0.4, 0.5) is 14.4 Å². The van der Waals surface area contributed by atoms with E-state index in [0.29, 0.717) is 0 Å². The number of hydrogen-bond donors (Lipinski definition) is 2. The highest BCUT2D eigenvalue weighted by Crippen LogP contribution is 2.15. The normalized spacial score (nSPS) is 10.9. The van der Waals surface area contributed by atoms with Crippen LogP contribution >= 0.6 is 0 Å². The van der Waals surface area contributed by atoms with E-state index in [4.69, 9.17) is 5.11 Å². The molecule has 1 rings (SSSR count). The minimum atomic E-state index is -4.72. The van der Waals surface area contributed by atoms with Crippen molar-refractivity contribution in [2.45, 2.75) is 4.90 Å². The van der Waals surface area contributed by atoms with E-state index in [2.05, 4.69) is 0 Å². The molecule has 0 atom stereocenters. The minimum Gasteiger partial charge on any atom is -0.465 e. The number of anilines is 1. The third-order valence-corrected chi connectivity index (χ3v) is 2.22. The minimum absolute atomic E-state index is 0.171. The van der Waals surface area contributed by atoms with Gasteiger partial charge in [-0.25, -0.2) is 4.79 Å². The summed E-state index contributed by atoms with van der Waals surface area (Å²) in [5.41, 5.74) is 0.171. The van der Waals surface area contributed by atoms with Crippen molar-refractivity contribution in [3.05, 3.63) is 24.3 Å². The second kappa shape index (κ2) is 3.62. The molecule has 1 amide bonds. The van der Waals surface area contributed by atoms with E-state index in [0.717, 1.165) is 24.3 Å². The van der Waals surface area contributed by atoms with Crippen molar-refractivity contribution in [3.8, 4) is 0 Å². The summed E-state index contributed by atoms with van der Waals surface area (Å²) in [5, 5.41) is 10.3. The zero-order valence-corrected chi connectivity index (χ0v) is 7.58. The molecule has 7 heteroatoms. The fraction of sp³-hybridized carbons (Fsp3) is 0. The Kier molecular flexibility index (Phi) is 2.70. The standard InChI is InChI=1S/C7H6FNO4S/c8-14(12,13)6-3-1-5(2-4-6)9-7(10)11/h1-4,9H,(H,10,11). The molecule has 0 aromatic heterocycles. The number of carboxylic acid groups (broad SMARTS) is 1. The van der Waals surface area contributed by atoms with Gasteiger partial charge in [0.15, 0.2) is 0 Å². The summed E-state index contributed by atoms with van der Waals surface area (Å²) < 4.78 is 33.1. The Labute approximate surface area is 79.4 Å². The predicted octanol–water partition coefficient (Wildman–Crippen LogP) is 1.43. The van der Waals surface area contributed by atoms with Crippen LogP contribution in [-0.2, 0) is 10.2 Å². The van der Waals surface area contributed by atoms with Gasteiger partial charge in [-0.3, -0.25) is 5.32 Å². The highest BCUT2D eigenvalue weighted by atomic mass is 32.3. The monoisotopic (exact) mass is 219 g/mol. The number of halogens is 1. The number of nitrogens with one attached hydrogen (secondary N) is 1. The molecule has 0 radical (unpaired) electrons. The lowest BCUT2D eigenvalue weighted by Crippen LogP contribution is -2.07. The van der Waals surface area contributed by atoms with Gasteiger partial charge in [-0.1, -0.05) is 0 Å². The van der Waals surface area contributed by atoms with Crippen LogP contribution in [0.15, 0.2) is 29.2 Å². The summed E-state index contributed by atoms with van der Waals surface area (Å²) in [6, 6.07) is 4.25. The van der Waals surface area contributed by atoms with Gasteiger partial charge in [0.05, 0.1) is 4.90 Å². The molecule has 2 N–H and O–H groups in total. The van der Waals surface area contributed by atoms with Crippen LogP contribution in [0.25, 0.3) is 0 Å². The van der Waals surface area contributed by atoms with Crippen LogP contribution in [0.5, 0.6) is 0 Å². The van der Waals surface area contributed by atoms with Crippen molar-refractivity contribution < 1.29 is 22.2 Å². The van der Waals surface area contributed by atoms with E-state index in [1.165, 1.54) is 0 Å². The van der Waals surface area contributed by atoms with Crippen LogP contribution in [0.3, 0.4) is 0 Å². The highest BCUT2D eigenvalue weighted by Gasteiger charge is 2.10. The van der Waals surface area contributed by atoms with Crippen LogP contribution in [0.2, 0.25) is 0 Å². The van der Waals surface area contributed by atoms with E-state index in [1.54, 1.807) is 0 Å². The van der Waals surface area contributed by atoms with E-state index >= 15 is 0 Å². The SMILES string of the molecule is O=C(O)Nc1ccc(S(=O)(=O)F)cc1. The molecular weight excluding hydrogens is 213 g/mol. The van der Waals surface area contributed by atoms with Crippen LogP contribution in [0.1, 0.15) is 0 Å². The molecule has 0 aliphatic heterocycles. The molecule has 1 aromatic rings. The Hall–Kier alpha value is -1.63. The molecule has 0 unspecified atom stereocenters. The second-order valence-electron chi connectivity index (χ2n) is 2.39. The number of hydrogen-bond acceptors (Lipinski definition) is 3. The second-order valence-corrected chi connectivity index (χ2v) is 3.74.